The van der Waals surface area contributed by atoms with Crippen LogP contribution in [0.2, 0.25) is 0 Å². The Morgan fingerprint density at radius 3 is 3.05 bits per heavy atom. The molecule has 1 saturated heterocycles. The lowest BCUT2D eigenvalue weighted by atomic mass is 10.1. The van der Waals surface area contributed by atoms with E-state index in [0.29, 0.717) is 30.3 Å². The summed E-state index contributed by atoms with van der Waals surface area (Å²) in [6, 6.07) is 5.44. The molecular formula is C16H20O5. The topological polar surface area (TPSA) is 65.0 Å². The molecule has 0 saturated carbocycles. The second-order valence-electron chi connectivity index (χ2n) is 4.74. The van der Waals surface area contributed by atoms with Crippen molar-refractivity contribution in [3.05, 3.63) is 29.8 Å². The summed E-state index contributed by atoms with van der Waals surface area (Å²) >= 11 is 0. The van der Waals surface area contributed by atoms with Gasteiger partial charge in [0.05, 0.1) is 13.2 Å². The normalized spacial score (nSPS) is 18.6. The molecule has 0 bridgehead atoms. The van der Waals surface area contributed by atoms with Crippen LogP contribution in [0.3, 0.4) is 0 Å². The molecule has 114 valence electrons. The van der Waals surface area contributed by atoms with Gasteiger partial charge in [-0.1, -0.05) is 12.1 Å². The van der Waals surface area contributed by atoms with Crippen LogP contribution in [-0.4, -0.2) is 37.0 Å². The Hall–Kier alpha value is -2.01. The molecule has 0 amide bonds. The molecule has 0 aliphatic carbocycles. The van der Waals surface area contributed by atoms with Gasteiger partial charge in [-0.15, -0.1) is 0 Å². The summed E-state index contributed by atoms with van der Waals surface area (Å²) < 4.78 is 17.0. The first kappa shape index (κ1) is 15.4. The van der Waals surface area contributed by atoms with E-state index in [4.69, 9.17) is 19.3 Å². The summed E-state index contributed by atoms with van der Waals surface area (Å²) in [6.07, 6.45) is 4.46. The Bertz CT molecular complexity index is 503. The second kappa shape index (κ2) is 7.69. The summed E-state index contributed by atoms with van der Waals surface area (Å²) in [5.74, 6) is 0.201. The largest absolute Gasteiger partial charge is 0.490 e. The van der Waals surface area contributed by atoms with Crippen LogP contribution in [0.15, 0.2) is 24.3 Å². The number of rotatable bonds is 6. The minimum absolute atomic E-state index is 0.0302. The highest BCUT2D eigenvalue weighted by Crippen LogP contribution is 2.34. The quantitative estimate of drug-likeness (QED) is 0.817. The van der Waals surface area contributed by atoms with E-state index in [2.05, 4.69) is 0 Å². The van der Waals surface area contributed by atoms with Crippen LogP contribution in [0.25, 0.3) is 6.08 Å². The molecule has 5 nitrogen and oxygen atoms in total. The smallest absolute Gasteiger partial charge is 0.328 e. The van der Waals surface area contributed by atoms with E-state index in [1.807, 2.05) is 19.1 Å². The van der Waals surface area contributed by atoms with Gasteiger partial charge in [-0.3, -0.25) is 0 Å². The van der Waals surface area contributed by atoms with Gasteiger partial charge in [0.1, 0.15) is 6.10 Å². The third-order valence-corrected chi connectivity index (χ3v) is 3.12. The van der Waals surface area contributed by atoms with Crippen molar-refractivity contribution in [2.24, 2.45) is 0 Å². The molecule has 1 aliphatic rings. The molecule has 1 unspecified atom stereocenters. The molecule has 1 fully saturated rings. The summed E-state index contributed by atoms with van der Waals surface area (Å²) in [5, 5.41) is 8.78. The van der Waals surface area contributed by atoms with Gasteiger partial charge < -0.3 is 19.3 Å². The maximum Gasteiger partial charge on any atom is 0.328 e. The van der Waals surface area contributed by atoms with Crippen molar-refractivity contribution in [2.45, 2.75) is 25.9 Å². The van der Waals surface area contributed by atoms with Crippen molar-refractivity contribution in [3.63, 3.8) is 0 Å². The zero-order chi connectivity index (χ0) is 15.1. The van der Waals surface area contributed by atoms with E-state index >= 15 is 0 Å². The molecule has 1 aromatic carbocycles. The fourth-order valence-electron chi connectivity index (χ4n) is 2.19. The molecule has 2 rings (SSSR count). The van der Waals surface area contributed by atoms with Crippen molar-refractivity contribution < 1.29 is 24.1 Å². The third kappa shape index (κ3) is 4.49. The number of carboxylic acid groups (broad SMARTS) is 1. The van der Waals surface area contributed by atoms with Crippen LogP contribution in [0.5, 0.6) is 11.5 Å². The predicted octanol–water partition coefficient (Wildman–Crippen LogP) is 2.74. The fraction of sp³-hybridized carbons (Fsp3) is 0.438. The van der Waals surface area contributed by atoms with Gasteiger partial charge in [0, 0.05) is 18.2 Å². The lowest BCUT2D eigenvalue weighted by molar-refractivity contribution is -0.131. The predicted molar refractivity (Wildman–Crippen MR) is 78.7 cm³/mol. The van der Waals surface area contributed by atoms with Gasteiger partial charge in [0.15, 0.2) is 11.5 Å². The highest BCUT2D eigenvalue weighted by molar-refractivity contribution is 5.86. The summed E-state index contributed by atoms with van der Waals surface area (Å²) in [4.78, 5) is 10.7. The van der Waals surface area contributed by atoms with E-state index in [1.165, 1.54) is 6.08 Å². The van der Waals surface area contributed by atoms with Crippen LogP contribution < -0.4 is 9.47 Å². The Balaban J connectivity index is 2.26. The van der Waals surface area contributed by atoms with E-state index in [0.717, 1.165) is 25.5 Å². The summed E-state index contributed by atoms with van der Waals surface area (Å²) in [6.45, 7) is 3.72. The lowest BCUT2D eigenvalue weighted by Crippen LogP contribution is -2.28. The van der Waals surface area contributed by atoms with Crippen molar-refractivity contribution in [3.8, 4) is 11.5 Å². The minimum Gasteiger partial charge on any atom is -0.490 e. The Morgan fingerprint density at radius 2 is 2.38 bits per heavy atom. The number of hydrogen-bond donors (Lipinski definition) is 1. The molecule has 0 aromatic heterocycles. The number of carbonyl (C=O) groups is 1. The number of para-hydroxylation sites is 1. The molecule has 1 aromatic rings. The Labute approximate surface area is 124 Å². The summed E-state index contributed by atoms with van der Waals surface area (Å²) in [7, 11) is 0. The average Bonchev–Trinajstić information content (AvgIpc) is 2.49. The standard InChI is InChI=1S/C16H20O5/c1-2-20-14-7-3-5-12(8-9-15(17)18)16(14)21-13-6-4-10-19-11-13/h3,5,7-9,13H,2,4,6,10-11H2,1H3,(H,17,18)/b9-8+. The highest BCUT2D eigenvalue weighted by atomic mass is 16.6. The monoisotopic (exact) mass is 292 g/mol. The van der Waals surface area contributed by atoms with E-state index in [9.17, 15) is 4.79 Å². The molecular weight excluding hydrogens is 272 g/mol. The van der Waals surface area contributed by atoms with Crippen LogP contribution in [-0.2, 0) is 9.53 Å². The van der Waals surface area contributed by atoms with Crippen molar-refractivity contribution in [1.29, 1.82) is 0 Å². The van der Waals surface area contributed by atoms with Gasteiger partial charge in [-0.25, -0.2) is 4.79 Å². The lowest BCUT2D eigenvalue weighted by Gasteiger charge is -2.25. The highest BCUT2D eigenvalue weighted by Gasteiger charge is 2.19. The van der Waals surface area contributed by atoms with Crippen LogP contribution in [0, 0.1) is 0 Å². The number of ether oxygens (including phenoxy) is 3. The van der Waals surface area contributed by atoms with Crippen LogP contribution >= 0.6 is 0 Å². The number of hydrogen-bond acceptors (Lipinski definition) is 4. The molecule has 21 heavy (non-hydrogen) atoms. The molecule has 1 heterocycles. The van der Waals surface area contributed by atoms with Crippen LogP contribution in [0.4, 0.5) is 0 Å². The Morgan fingerprint density at radius 1 is 1.52 bits per heavy atom. The third-order valence-electron chi connectivity index (χ3n) is 3.12. The first-order valence-electron chi connectivity index (χ1n) is 7.12. The van der Waals surface area contributed by atoms with Crippen molar-refractivity contribution >= 4 is 12.0 Å². The first-order chi connectivity index (χ1) is 10.2. The fourth-order valence-corrected chi connectivity index (χ4v) is 2.19. The SMILES string of the molecule is CCOc1cccc(/C=C/C(=O)O)c1OC1CCCOC1. The van der Waals surface area contributed by atoms with Gasteiger partial charge >= 0.3 is 5.97 Å². The van der Waals surface area contributed by atoms with Gasteiger partial charge in [-0.2, -0.15) is 0 Å². The van der Waals surface area contributed by atoms with Gasteiger partial charge in [0.25, 0.3) is 0 Å². The van der Waals surface area contributed by atoms with Crippen LogP contribution in [0.1, 0.15) is 25.3 Å². The number of aliphatic carboxylic acids is 1. The van der Waals surface area contributed by atoms with Gasteiger partial charge in [0.2, 0.25) is 0 Å². The molecule has 0 radical (unpaired) electrons. The molecule has 1 atom stereocenters. The van der Waals surface area contributed by atoms with Gasteiger partial charge in [-0.05, 0) is 31.9 Å². The number of carboxylic acids is 1. The molecule has 1 aliphatic heterocycles. The zero-order valence-electron chi connectivity index (χ0n) is 12.1. The second-order valence-corrected chi connectivity index (χ2v) is 4.74. The van der Waals surface area contributed by atoms with E-state index in [1.54, 1.807) is 6.07 Å². The maximum absolute atomic E-state index is 10.7. The Kier molecular flexibility index (Phi) is 5.63. The average molecular weight is 292 g/mol. The molecule has 5 heteroatoms. The van der Waals surface area contributed by atoms with E-state index in [-0.39, 0.29) is 6.10 Å². The minimum atomic E-state index is -0.997. The summed E-state index contributed by atoms with van der Waals surface area (Å²) in [5.41, 5.74) is 0.689. The first-order valence-corrected chi connectivity index (χ1v) is 7.12. The van der Waals surface area contributed by atoms with E-state index < -0.39 is 5.97 Å². The zero-order valence-corrected chi connectivity index (χ0v) is 12.1. The molecule has 0 spiro atoms. The maximum atomic E-state index is 10.7. The van der Waals surface area contributed by atoms with Crippen molar-refractivity contribution in [2.75, 3.05) is 19.8 Å². The number of benzene rings is 1. The van der Waals surface area contributed by atoms with Crippen molar-refractivity contribution in [1.82, 2.24) is 0 Å². The molecule has 1 N–H and O–H groups in total.